The van der Waals surface area contributed by atoms with Crippen LogP contribution in [0, 0.1) is 19.7 Å². The van der Waals surface area contributed by atoms with Crippen molar-refractivity contribution < 1.29 is 4.39 Å². The van der Waals surface area contributed by atoms with E-state index < -0.39 is 0 Å². The Kier molecular flexibility index (Phi) is 3.72. The molecular weight excluding hydrogens is 227 g/mol. The molecule has 0 aliphatic heterocycles. The van der Waals surface area contributed by atoms with Crippen LogP contribution in [0.4, 0.5) is 4.39 Å². The molecule has 2 nitrogen and oxygen atoms in total. The maximum Gasteiger partial charge on any atom is 0.128 e. The number of pyridine rings is 1. The van der Waals surface area contributed by atoms with Gasteiger partial charge in [0.2, 0.25) is 0 Å². The van der Waals surface area contributed by atoms with Gasteiger partial charge in [0.25, 0.3) is 0 Å². The zero-order chi connectivity index (χ0) is 13.1. The summed E-state index contributed by atoms with van der Waals surface area (Å²) in [6.07, 6.45) is 4.07. The highest BCUT2D eigenvalue weighted by Gasteiger charge is 2.15. The molecule has 0 radical (unpaired) electrons. The van der Waals surface area contributed by atoms with Gasteiger partial charge in [-0.25, -0.2) is 4.39 Å². The number of nitrogens with two attached hydrogens (primary N) is 1. The smallest absolute Gasteiger partial charge is 0.128 e. The number of aryl methyl sites for hydroxylation is 2. The van der Waals surface area contributed by atoms with Gasteiger partial charge in [-0.2, -0.15) is 0 Å². The van der Waals surface area contributed by atoms with E-state index in [4.69, 9.17) is 5.73 Å². The lowest BCUT2D eigenvalue weighted by molar-refractivity contribution is 0.576. The number of rotatable bonds is 3. The van der Waals surface area contributed by atoms with E-state index in [-0.39, 0.29) is 11.9 Å². The first-order valence-electron chi connectivity index (χ1n) is 5.99. The highest BCUT2D eigenvalue weighted by atomic mass is 19.1. The van der Waals surface area contributed by atoms with Crippen molar-refractivity contribution in [3.8, 4) is 0 Å². The highest BCUT2D eigenvalue weighted by Crippen LogP contribution is 2.23. The van der Waals surface area contributed by atoms with E-state index in [1.54, 1.807) is 12.4 Å². The van der Waals surface area contributed by atoms with Crippen LogP contribution in [0.15, 0.2) is 36.7 Å². The van der Waals surface area contributed by atoms with Gasteiger partial charge in [-0.1, -0.05) is 12.1 Å². The zero-order valence-electron chi connectivity index (χ0n) is 10.7. The Hall–Kier alpha value is -1.74. The molecule has 1 unspecified atom stereocenters. The maximum atomic E-state index is 14.0. The third-order valence-electron chi connectivity index (χ3n) is 3.03. The van der Waals surface area contributed by atoms with Crippen molar-refractivity contribution in [2.24, 2.45) is 5.73 Å². The zero-order valence-corrected chi connectivity index (χ0v) is 10.7. The summed E-state index contributed by atoms with van der Waals surface area (Å²) in [6.45, 7) is 3.78. The summed E-state index contributed by atoms with van der Waals surface area (Å²) in [7, 11) is 0. The third-order valence-corrected chi connectivity index (χ3v) is 3.03. The van der Waals surface area contributed by atoms with Crippen molar-refractivity contribution in [2.75, 3.05) is 0 Å². The minimum absolute atomic E-state index is 0.219. The van der Waals surface area contributed by atoms with Gasteiger partial charge in [0, 0.05) is 24.0 Å². The Balaban J connectivity index is 2.27. The molecule has 0 aliphatic carbocycles. The van der Waals surface area contributed by atoms with E-state index in [1.807, 2.05) is 32.0 Å². The lowest BCUT2D eigenvalue weighted by atomic mass is 9.95. The van der Waals surface area contributed by atoms with Crippen molar-refractivity contribution in [3.63, 3.8) is 0 Å². The SMILES string of the molecule is Cc1cc(C)c(C(N)Cc2cccnc2)c(F)c1. The first-order chi connectivity index (χ1) is 8.58. The molecule has 1 atom stereocenters. The number of halogens is 1. The molecule has 0 amide bonds. The van der Waals surface area contributed by atoms with Gasteiger partial charge < -0.3 is 5.73 Å². The molecule has 0 bridgehead atoms. The van der Waals surface area contributed by atoms with Gasteiger partial charge in [-0.3, -0.25) is 4.98 Å². The average Bonchev–Trinajstić information content (AvgIpc) is 2.28. The van der Waals surface area contributed by atoms with Crippen LogP contribution in [0.1, 0.15) is 28.3 Å². The first kappa shape index (κ1) is 12.7. The summed E-state index contributed by atoms with van der Waals surface area (Å²) in [6, 6.07) is 6.97. The van der Waals surface area contributed by atoms with Crippen LogP contribution in [-0.2, 0) is 6.42 Å². The van der Waals surface area contributed by atoms with Crippen LogP contribution in [0.25, 0.3) is 0 Å². The number of benzene rings is 1. The minimum Gasteiger partial charge on any atom is -0.324 e. The van der Waals surface area contributed by atoms with Crippen molar-refractivity contribution in [3.05, 3.63) is 64.7 Å². The van der Waals surface area contributed by atoms with E-state index in [0.29, 0.717) is 12.0 Å². The van der Waals surface area contributed by atoms with Crippen LogP contribution < -0.4 is 5.73 Å². The summed E-state index contributed by atoms with van der Waals surface area (Å²) >= 11 is 0. The van der Waals surface area contributed by atoms with Gasteiger partial charge in [0.15, 0.2) is 0 Å². The number of hydrogen-bond acceptors (Lipinski definition) is 2. The summed E-state index contributed by atoms with van der Waals surface area (Å²) in [4.78, 5) is 4.04. The molecule has 2 rings (SSSR count). The fraction of sp³-hybridized carbons (Fsp3) is 0.267. The van der Waals surface area contributed by atoms with Crippen LogP contribution in [0.2, 0.25) is 0 Å². The normalized spacial score (nSPS) is 12.4. The third kappa shape index (κ3) is 2.74. The Bertz CT molecular complexity index is 514. The second-order valence-electron chi connectivity index (χ2n) is 4.65. The molecule has 2 aromatic rings. The standard InChI is InChI=1S/C15H17FN2/c1-10-6-11(2)15(13(16)7-10)14(17)8-12-4-3-5-18-9-12/h3-7,9,14H,8,17H2,1-2H3. The van der Waals surface area contributed by atoms with Gasteiger partial charge >= 0.3 is 0 Å². The lowest BCUT2D eigenvalue weighted by Crippen LogP contribution is -2.16. The predicted octanol–water partition coefficient (Wildman–Crippen LogP) is 3.08. The molecule has 0 saturated carbocycles. The van der Waals surface area contributed by atoms with E-state index in [2.05, 4.69) is 4.98 Å². The molecule has 1 heterocycles. The molecule has 0 saturated heterocycles. The van der Waals surface area contributed by atoms with Gasteiger partial charge in [-0.05, 0) is 49.1 Å². The summed E-state index contributed by atoms with van der Waals surface area (Å²) in [5.74, 6) is -0.219. The molecular formula is C15H17FN2. The van der Waals surface area contributed by atoms with Gasteiger partial charge in [-0.15, -0.1) is 0 Å². The van der Waals surface area contributed by atoms with E-state index in [9.17, 15) is 4.39 Å². The van der Waals surface area contributed by atoms with Crippen LogP contribution in [-0.4, -0.2) is 4.98 Å². The van der Waals surface area contributed by atoms with E-state index in [1.165, 1.54) is 6.07 Å². The van der Waals surface area contributed by atoms with Crippen LogP contribution >= 0.6 is 0 Å². The molecule has 0 spiro atoms. The molecule has 3 heteroatoms. The Labute approximate surface area is 107 Å². The molecule has 0 aliphatic rings. The molecule has 1 aromatic carbocycles. The van der Waals surface area contributed by atoms with E-state index in [0.717, 1.165) is 16.7 Å². The largest absolute Gasteiger partial charge is 0.324 e. The fourth-order valence-electron chi connectivity index (χ4n) is 2.27. The summed E-state index contributed by atoms with van der Waals surface area (Å²) in [5, 5.41) is 0. The quantitative estimate of drug-likeness (QED) is 0.901. The fourth-order valence-corrected chi connectivity index (χ4v) is 2.27. The molecule has 0 fully saturated rings. The van der Waals surface area contributed by atoms with Crippen molar-refractivity contribution in [1.29, 1.82) is 0 Å². The van der Waals surface area contributed by atoms with Gasteiger partial charge in [0.05, 0.1) is 0 Å². The second-order valence-corrected chi connectivity index (χ2v) is 4.65. The first-order valence-corrected chi connectivity index (χ1v) is 5.99. The predicted molar refractivity (Wildman–Crippen MR) is 70.7 cm³/mol. The Morgan fingerprint density at radius 2 is 2.11 bits per heavy atom. The second kappa shape index (κ2) is 5.27. The van der Waals surface area contributed by atoms with Crippen molar-refractivity contribution in [1.82, 2.24) is 4.98 Å². The monoisotopic (exact) mass is 244 g/mol. The molecule has 2 N–H and O–H groups in total. The van der Waals surface area contributed by atoms with Crippen molar-refractivity contribution >= 4 is 0 Å². The van der Waals surface area contributed by atoms with Crippen LogP contribution in [0.3, 0.4) is 0 Å². The molecule has 94 valence electrons. The van der Waals surface area contributed by atoms with Gasteiger partial charge in [0.1, 0.15) is 5.82 Å². The average molecular weight is 244 g/mol. The Morgan fingerprint density at radius 1 is 1.33 bits per heavy atom. The summed E-state index contributed by atoms with van der Waals surface area (Å²) in [5.41, 5.74) is 9.56. The number of nitrogens with zero attached hydrogens (tertiary/aromatic N) is 1. The summed E-state index contributed by atoms with van der Waals surface area (Å²) < 4.78 is 14.0. The number of aromatic nitrogens is 1. The van der Waals surface area contributed by atoms with E-state index >= 15 is 0 Å². The Morgan fingerprint density at radius 3 is 2.72 bits per heavy atom. The number of hydrogen-bond donors (Lipinski definition) is 1. The molecule has 18 heavy (non-hydrogen) atoms. The lowest BCUT2D eigenvalue weighted by Gasteiger charge is -2.16. The minimum atomic E-state index is -0.338. The maximum absolute atomic E-state index is 14.0. The highest BCUT2D eigenvalue weighted by molar-refractivity contribution is 5.35. The molecule has 1 aromatic heterocycles. The van der Waals surface area contributed by atoms with Crippen molar-refractivity contribution in [2.45, 2.75) is 26.3 Å². The van der Waals surface area contributed by atoms with Crippen LogP contribution in [0.5, 0.6) is 0 Å². The topological polar surface area (TPSA) is 38.9 Å².